The number of benzene rings is 2. The van der Waals surface area contributed by atoms with Gasteiger partial charge in [-0.1, -0.05) is 29.8 Å². The first-order valence-electron chi connectivity index (χ1n) is 6.69. The van der Waals surface area contributed by atoms with E-state index in [4.69, 9.17) is 11.6 Å². The molecule has 0 heterocycles. The van der Waals surface area contributed by atoms with Crippen molar-refractivity contribution in [1.82, 2.24) is 0 Å². The molecule has 0 aliphatic rings. The Morgan fingerprint density at radius 3 is 2.38 bits per heavy atom. The van der Waals surface area contributed by atoms with E-state index in [-0.39, 0.29) is 17.4 Å². The molecule has 0 aliphatic heterocycles. The first kappa shape index (κ1) is 15.5. The van der Waals surface area contributed by atoms with Crippen molar-refractivity contribution in [1.29, 1.82) is 0 Å². The maximum atomic E-state index is 13.9. The molecule has 2 aromatic rings. The highest BCUT2D eigenvalue weighted by molar-refractivity contribution is 6.30. The molecule has 0 saturated heterocycles. The fourth-order valence-electron chi connectivity index (χ4n) is 2.33. The molecule has 21 heavy (non-hydrogen) atoms. The van der Waals surface area contributed by atoms with Gasteiger partial charge < -0.3 is 4.90 Å². The molecule has 0 bridgehead atoms. The van der Waals surface area contributed by atoms with Crippen molar-refractivity contribution in [2.45, 2.75) is 19.9 Å². The van der Waals surface area contributed by atoms with Gasteiger partial charge in [0.15, 0.2) is 5.78 Å². The van der Waals surface area contributed by atoms with Gasteiger partial charge in [0, 0.05) is 12.1 Å². The number of carbonyl (C=O) groups excluding carboxylic acids is 1. The van der Waals surface area contributed by atoms with Crippen molar-refractivity contribution in [3.63, 3.8) is 0 Å². The molecule has 0 N–H and O–H groups in total. The van der Waals surface area contributed by atoms with Gasteiger partial charge in [-0.3, -0.25) is 4.79 Å². The Morgan fingerprint density at radius 1 is 1.19 bits per heavy atom. The Balaban J connectivity index is 2.40. The zero-order valence-corrected chi connectivity index (χ0v) is 13.0. The predicted octanol–water partition coefficient (Wildman–Crippen LogP) is 4.88. The van der Waals surface area contributed by atoms with Crippen LogP contribution in [-0.2, 0) is 0 Å². The number of hydrogen-bond donors (Lipinski definition) is 0. The minimum Gasteiger partial charge on any atom is -0.367 e. The number of hydrogen-bond acceptors (Lipinski definition) is 2. The third-order valence-corrected chi connectivity index (χ3v) is 3.91. The van der Waals surface area contributed by atoms with Crippen LogP contribution >= 0.6 is 11.6 Å². The SMILES string of the molecule is CC(=O)c1c(F)cccc1N(C)C(C)c1ccc(Cl)cc1. The highest BCUT2D eigenvalue weighted by Gasteiger charge is 2.20. The molecular formula is C17H17ClFNO. The predicted molar refractivity (Wildman–Crippen MR) is 84.7 cm³/mol. The second-order valence-corrected chi connectivity index (χ2v) is 5.47. The lowest BCUT2D eigenvalue weighted by Crippen LogP contribution is -2.24. The standard InChI is InChI=1S/C17H17ClFNO/c1-11(13-7-9-14(18)10-8-13)20(3)16-6-4-5-15(19)17(16)12(2)21/h4-11H,1-3H3. The summed E-state index contributed by atoms with van der Waals surface area (Å²) in [5, 5.41) is 0.670. The molecule has 110 valence electrons. The van der Waals surface area contributed by atoms with Gasteiger partial charge in [-0.2, -0.15) is 0 Å². The molecule has 4 heteroatoms. The minimum absolute atomic E-state index is 0.0119. The zero-order chi connectivity index (χ0) is 15.6. The number of nitrogens with zero attached hydrogens (tertiary/aromatic N) is 1. The lowest BCUT2D eigenvalue weighted by atomic mass is 10.0. The largest absolute Gasteiger partial charge is 0.367 e. The topological polar surface area (TPSA) is 20.3 Å². The van der Waals surface area contributed by atoms with Gasteiger partial charge in [-0.25, -0.2) is 4.39 Å². The number of halogens is 2. The van der Waals surface area contributed by atoms with E-state index in [1.807, 2.05) is 43.1 Å². The molecule has 1 atom stereocenters. The molecule has 0 saturated carbocycles. The minimum atomic E-state index is -0.491. The molecule has 2 rings (SSSR count). The average molecular weight is 306 g/mol. The zero-order valence-electron chi connectivity index (χ0n) is 12.2. The van der Waals surface area contributed by atoms with Gasteiger partial charge in [0.05, 0.1) is 17.3 Å². The van der Waals surface area contributed by atoms with E-state index in [1.165, 1.54) is 13.0 Å². The van der Waals surface area contributed by atoms with Crippen LogP contribution in [0.25, 0.3) is 0 Å². The van der Waals surface area contributed by atoms with E-state index in [0.29, 0.717) is 10.7 Å². The first-order chi connectivity index (χ1) is 9.91. The van der Waals surface area contributed by atoms with Crippen molar-refractivity contribution >= 4 is 23.1 Å². The molecular weight excluding hydrogens is 289 g/mol. The Morgan fingerprint density at radius 2 is 1.81 bits per heavy atom. The summed E-state index contributed by atoms with van der Waals surface area (Å²) >= 11 is 5.89. The van der Waals surface area contributed by atoms with Crippen molar-refractivity contribution in [2.75, 3.05) is 11.9 Å². The molecule has 0 radical (unpaired) electrons. The number of Topliss-reactive ketones (excluding diaryl/α,β-unsaturated/α-hetero) is 1. The van der Waals surface area contributed by atoms with Gasteiger partial charge in [0.2, 0.25) is 0 Å². The summed E-state index contributed by atoms with van der Waals surface area (Å²) in [6, 6.07) is 12.2. The Kier molecular flexibility index (Phi) is 4.63. The van der Waals surface area contributed by atoms with E-state index < -0.39 is 5.82 Å². The van der Waals surface area contributed by atoms with Crippen LogP contribution in [0.1, 0.15) is 35.8 Å². The normalized spacial score (nSPS) is 12.0. The molecule has 0 spiro atoms. The summed E-state index contributed by atoms with van der Waals surface area (Å²) in [7, 11) is 1.85. The van der Waals surface area contributed by atoms with Crippen molar-refractivity contribution in [3.8, 4) is 0 Å². The summed E-state index contributed by atoms with van der Waals surface area (Å²) in [5.74, 6) is -0.770. The highest BCUT2D eigenvalue weighted by Crippen LogP contribution is 2.30. The Labute approximate surface area is 129 Å². The summed E-state index contributed by atoms with van der Waals surface area (Å²) in [4.78, 5) is 13.6. The van der Waals surface area contributed by atoms with Crippen LogP contribution < -0.4 is 4.90 Å². The van der Waals surface area contributed by atoms with Gasteiger partial charge >= 0.3 is 0 Å². The number of ketones is 1. The third kappa shape index (κ3) is 3.24. The molecule has 2 nitrogen and oxygen atoms in total. The number of rotatable bonds is 4. The average Bonchev–Trinajstić information content (AvgIpc) is 2.46. The number of carbonyl (C=O) groups is 1. The van der Waals surface area contributed by atoms with Gasteiger partial charge in [-0.05, 0) is 43.7 Å². The van der Waals surface area contributed by atoms with Crippen molar-refractivity contribution in [2.24, 2.45) is 0 Å². The van der Waals surface area contributed by atoms with Crippen LogP contribution in [0.15, 0.2) is 42.5 Å². The monoisotopic (exact) mass is 305 g/mol. The van der Waals surface area contributed by atoms with E-state index >= 15 is 0 Å². The third-order valence-electron chi connectivity index (χ3n) is 3.66. The van der Waals surface area contributed by atoms with Crippen molar-refractivity contribution < 1.29 is 9.18 Å². The first-order valence-corrected chi connectivity index (χ1v) is 7.07. The summed E-state index contributed by atoms with van der Waals surface area (Å²) in [6.07, 6.45) is 0. The van der Waals surface area contributed by atoms with Crippen LogP contribution in [0.3, 0.4) is 0 Å². The summed E-state index contributed by atoms with van der Waals surface area (Å²) in [6.45, 7) is 3.38. The lowest BCUT2D eigenvalue weighted by molar-refractivity contribution is 0.101. The molecule has 0 amide bonds. The van der Waals surface area contributed by atoms with Crippen molar-refractivity contribution in [3.05, 3.63) is 64.4 Å². The second kappa shape index (κ2) is 6.27. The second-order valence-electron chi connectivity index (χ2n) is 5.03. The fraction of sp³-hybridized carbons (Fsp3) is 0.235. The molecule has 0 fully saturated rings. The van der Waals surface area contributed by atoms with E-state index in [9.17, 15) is 9.18 Å². The summed E-state index contributed by atoms with van der Waals surface area (Å²) in [5.41, 5.74) is 1.76. The van der Waals surface area contributed by atoms with E-state index in [1.54, 1.807) is 12.1 Å². The van der Waals surface area contributed by atoms with E-state index in [2.05, 4.69) is 0 Å². The van der Waals surface area contributed by atoms with Gasteiger partial charge in [-0.15, -0.1) is 0 Å². The van der Waals surface area contributed by atoms with Crippen LogP contribution in [0.5, 0.6) is 0 Å². The smallest absolute Gasteiger partial charge is 0.164 e. The van der Waals surface area contributed by atoms with Crippen LogP contribution in [0.4, 0.5) is 10.1 Å². The fourth-order valence-corrected chi connectivity index (χ4v) is 2.45. The van der Waals surface area contributed by atoms with Crippen LogP contribution in [-0.4, -0.2) is 12.8 Å². The van der Waals surface area contributed by atoms with Crippen LogP contribution in [0.2, 0.25) is 5.02 Å². The van der Waals surface area contributed by atoms with Gasteiger partial charge in [0.25, 0.3) is 0 Å². The van der Waals surface area contributed by atoms with E-state index in [0.717, 1.165) is 5.56 Å². The Hall–Kier alpha value is -1.87. The highest BCUT2D eigenvalue weighted by atomic mass is 35.5. The van der Waals surface area contributed by atoms with Gasteiger partial charge in [0.1, 0.15) is 5.82 Å². The molecule has 2 aromatic carbocycles. The number of anilines is 1. The maximum absolute atomic E-state index is 13.9. The maximum Gasteiger partial charge on any atom is 0.164 e. The quantitative estimate of drug-likeness (QED) is 0.750. The summed E-state index contributed by atoms with van der Waals surface area (Å²) < 4.78 is 13.9. The van der Waals surface area contributed by atoms with Crippen LogP contribution in [0, 0.1) is 5.82 Å². The Bertz CT molecular complexity index is 654. The molecule has 0 aliphatic carbocycles. The molecule has 1 unspecified atom stereocenters. The lowest BCUT2D eigenvalue weighted by Gasteiger charge is -2.29. The molecule has 0 aromatic heterocycles.